The molecule has 1 amide bonds. The number of allylic oxidation sites excluding steroid dienone is 1. The second kappa shape index (κ2) is 24.8. The Morgan fingerprint density at radius 2 is 1.67 bits per heavy atom. The molecule has 1 heterocycles. The molecule has 6 rings (SSSR count). The Labute approximate surface area is 389 Å². The maximum atomic E-state index is 14.8. The zero-order chi connectivity index (χ0) is 46.9. The Morgan fingerprint density at radius 1 is 0.909 bits per heavy atom. The highest BCUT2D eigenvalue weighted by Crippen LogP contribution is 2.62. The zero-order valence-corrected chi connectivity index (χ0v) is 38.8. The van der Waals surface area contributed by atoms with Gasteiger partial charge in [-0.05, 0) is 93.7 Å². The van der Waals surface area contributed by atoms with E-state index in [0.29, 0.717) is 42.2 Å². The van der Waals surface area contributed by atoms with Gasteiger partial charge in [0, 0.05) is 43.2 Å². The van der Waals surface area contributed by atoms with E-state index in [1.54, 1.807) is 35.2 Å². The molecular weight excluding hydrogens is 848 g/mol. The number of rotatable bonds is 26. The number of aliphatic hydroxyl groups excluding tert-OH is 3. The lowest BCUT2D eigenvalue weighted by atomic mass is 9.55. The number of ether oxygens (including phenoxy) is 6. The van der Waals surface area contributed by atoms with Gasteiger partial charge in [-0.2, -0.15) is 0 Å². The summed E-state index contributed by atoms with van der Waals surface area (Å²) in [5.74, 6) is -1.75. The first-order valence-electron chi connectivity index (χ1n) is 23.4. The second-order valence-corrected chi connectivity index (χ2v) is 18.0. The number of halogens is 1. The van der Waals surface area contributed by atoms with E-state index in [0.717, 1.165) is 42.4 Å². The number of aliphatic hydroxyl groups is 3. The van der Waals surface area contributed by atoms with Crippen LogP contribution >= 0.6 is 0 Å². The molecule has 0 bridgehead atoms. The first kappa shape index (κ1) is 50.6. The minimum Gasteiger partial charge on any atom is -0.489 e. The first-order valence-corrected chi connectivity index (χ1v) is 23.4. The van der Waals surface area contributed by atoms with Crippen LogP contribution in [0, 0.1) is 23.6 Å². The summed E-state index contributed by atoms with van der Waals surface area (Å²) in [6.07, 6.45) is 7.74. The highest BCUT2D eigenvalue weighted by atomic mass is 19.1. The second-order valence-electron chi connectivity index (χ2n) is 18.0. The van der Waals surface area contributed by atoms with Crippen LogP contribution in [-0.2, 0) is 37.0 Å². The largest absolute Gasteiger partial charge is 0.489 e. The molecule has 13 nitrogen and oxygen atoms in total. The van der Waals surface area contributed by atoms with Crippen LogP contribution in [-0.4, -0.2) is 109 Å². The van der Waals surface area contributed by atoms with Crippen LogP contribution < -0.4 is 9.47 Å². The molecule has 1 saturated carbocycles. The van der Waals surface area contributed by atoms with Crippen molar-refractivity contribution in [3.63, 3.8) is 0 Å². The normalized spacial score (nSPS) is 22.7. The number of oxime groups is 1. The lowest BCUT2D eigenvalue weighted by Gasteiger charge is -2.60. The summed E-state index contributed by atoms with van der Waals surface area (Å²) in [4.78, 5) is 22.5. The number of fused-ring (bicyclic) bond motifs is 2. The smallest absolute Gasteiger partial charge is 0.410 e. The van der Waals surface area contributed by atoms with Crippen molar-refractivity contribution in [3.8, 4) is 11.5 Å². The van der Waals surface area contributed by atoms with E-state index < -0.39 is 29.4 Å². The minimum atomic E-state index is -1.54. The highest BCUT2D eigenvalue weighted by Gasteiger charge is 2.65. The van der Waals surface area contributed by atoms with Crippen molar-refractivity contribution in [1.29, 1.82) is 0 Å². The number of hydrogen-bond acceptors (Lipinski definition) is 12. The van der Waals surface area contributed by atoms with Gasteiger partial charge in [-0.1, -0.05) is 78.7 Å². The maximum Gasteiger partial charge on any atom is 0.410 e. The van der Waals surface area contributed by atoms with Crippen molar-refractivity contribution >= 4 is 11.8 Å². The van der Waals surface area contributed by atoms with E-state index in [-0.39, 0.29) is 96.0 Å². The van der Waals surface area contributed by atoms with Crippen LogP contribution in [0.1, 0.15) is 88.3 Å². The topological polar surface area (TPSA) is 158 Å². The molecule has 360 valence electrons. The minimum absolute atomic E-state index is 0.0113. The molecule has 3 N–H and O–H groups in total. The lowest BCUT2D eigenvalue weighted by molar-refractivity contribution is -0.256. The van der Waals surface area contributed by atoms with Crippen molar-refractivity contribution in [3.05, 3.63) is 120 Å². The molecule has 1 aliphatic heterocycles. The average molecular weight is 917 g/mol. The molecule has 66 heavy (non-hydrogen) atoms. The zero-order valence-electron chi connectivity index (χ0n) is 38.8. The van der Waals surface area contributed by atoms with E-state index in [1.807, 2.05) is 63.2 Å². The third-order valence-electron chi connectivity index (χ3n) is 12.3. The van der Waals surface area contributed by atoms with Crippen LogP contribution in [0.5, 0.6) is 11.5 Å². The SMILES string of the molecule is C=CCO[C@@]12Oc3ccc(OCc4ccccc4F)cc3[C@H]3[C@H](CCCCO)[C@@H](CCCCO)C=C(C(=NOC(C)(C)C)C[C@@H]1N(CCOCCO)C(=O)OCCOCc1ccccc1)[C@H]32. The van der Waals surface area contributed by atoms with Gasteiger partial charge in [0.2, 0.25) is 5.79 Å². The highest BCUT2D eigenvalue weighted by molar-refractivity contribution is 6.03. The third-order valence-corrected chi connectivity index (χ3v) is 12.3. The van der Waals surface area contributed by atoms with E-state index in [2.05, 4.69) is 12.7 Å². The third kappa shape index (κ3) is 13.0. The molecule has 2 aliphatic carbocycles. The molecule has 0 aromatic heterocycles. The summed E-state index contributed by atoms with van der Waals surface area (Å²) in [7, 11) is 0. The van der Waals surface area contributed by atoms with Crippen LogP contribution in [0.3, 0.4) is 0 Å². The molecule has 0 saturated heterocycles. The Morgan fingerprint density at radius 3 is 2.39 bits per heavy atom. The Kier molecular flexibility index (Phi) is 19.0. The van der Waals surface area contributed by atoms with Crippen LogP contribution in [0.25, 0.3) is 0 Å². The molecule has 0 radical (unpaired) electrons. The number of hydrogen-bond donors (Lipinski definition) is 3. The molecule has 3 aliphatic rings. The predicted molar refractivity (Wildman–Crippen MR) is 249 cm³/mol. The number of nitrogens with zero attached hydrogens (tertiary/aromatic N) is 2. The Bertz CT molecular complexity index is 2060. The fraction of sp³-hybridized carbons (Fsp3) is 0.538. The quantitative estimate of drug-likeness (QED) is 0.0403. The van der Waals surface area contributed by atoms with Crippen molar-refractivity contribution in [2.24, 2.45) is 22.9 Å². The summed E-state index contributed by atoms with van der Waals surface area (Å²) >= 11 is 0. The van der Waals surface area contributed by atoms with Gasteiger partial charge in [0.1, 0.15) is 42.2 Å². The van der Waals surface area contributed by atoms with E-state index in [1.165, 1.54) is 6.07 Å². The van der Waals surface area contributed by atoms with E-state index >= 15 is 0 Å². The van der Waals surface area contributed by atoms with Crippen molar-refractivity contribution < 1.29 is 57.8 Å². The molecule has 1 fully saturated rings. The van der Waals surface area contributed by atoms with Gasteiger partial charge in [0.15, 0.2) is 0 Å². The average Bonchev–Trinajstić information content (AvgIpc) is 3.31. The van der Waals surface area contributed by atoms with Crippen LogP contribution in [0.2, 0.25) is 0 Å². The summed E-state index contributed by atoms with van der Waals surface area (Å²) in [5.41, 5.74) is 3.12. The summed E-state index contributed by atoms with van der Waals surface area (Å²) < 4.78 is 53.1. The van der Waals surface area contributed by atoms with Gasteiger partial charge < -0.3 is 48.6 Å². The van der Waals surface area contributed by atoms with Gasteiger partial charge in [-0.15, -0.1) is 6.58 Å². The molecule has 14 heteroatoms. The molecule has 3 aromatic rings. The molecule has 0 unspecified atom stereocenters. The predicted octanol–water partition coefficient (Wildman–Crippen LogP) is 8.50. The Hall–Kier alpha value is -4.83. The summed E-state index contributed by atoms with van der Waals surface area (Å²) in [6.45, 7) is 10.5. The first-order chi connectivity index (χ1) is 32.0. The van der Waals surface area contributed by atoms with Gasteiger partial charge in [0.25, 0.3) is 0 Å². The molecule has 0 spiro atoms. The molecular formula is C52H69FN2O11. The fourth-order valence-electron chi connectivity index (χ4n) is 9.45. The van der Waals surface area contributed by atoms with Gasteiger partial charge in [-0.25, -0.2) is 9.18 Å². The number of amides is 1. The number of unbranched alkanes of at least 4 members (excludes halogenated alkanes) is 2. The summed E-state index contributed by atoms with van der Waals surface area (Å²) in [6, 6.07) is 21.0. The number of carbonyl (C=O) groups excluding carboxylic acids is 1. The van der Waals surface area contributed by atoms with Crippen molar-refractivity contribution in [1.82, 2.24) is 4.90 Å². The van der Waals surface area contributed by atoms with Gasteiger partial charge >= 0.3 is 6.09 Å². The fourth-order valence-corrected chi connectivity index (χ4v) is 9.45. The van der Waals surface area contributed by atoms with Crippen molar-refractivity contribution in [2.45, 2.75) is 102 Å². The van der Waals surface area contributed by atoms with E-state index in [4.69, 9.17) is 38.4 Å². The number of benzene rings is 3. The molecule has 3 aromatic carbocycles. The van der Waals surface area contributed by atoms with Crippen LogP contribution in [0.15, 0.2) is 102 Å². The standard InChI is InChI=1S/C52H69FN2O11/c1-5-27-64-52-47(55(23-28-60-29-26-58)50(59)62-31-30-61-35-37-15-7-6-8-16-37)34-45(54-66-51(2,3)4)42-32-38(17-11-13-24-56)41(19-12-14-25-57)48(49(42)52)43-33-40(21-22-46(43)65-52)63-36-39-18-9-10-20-44(39)53/h5-10,15-16,18,20-22,32-33,38,41,47-49,56-58H,1,11-14,17,19,23-31,34-36H2,2-4H3/t38-,41+,47-,48+,49+,52+/m0/s1. The summed E-state index contributed by atoms with van der Waals surface area (Å²) in [5, 5.41) is 34.4. The maximum absolute atomic E-state index is 14.8. The van der Waals surface area contributed by atoms with Gasteiger partial charge in [0.05, 0.1) is 51.3 Å². The van der Waals surface area contributed by atoms with Crippen molar-refractivity contribution in [2.75, 3.05) is 59.4 Å². The van der Waals surface area contributed by atoms with Gasteiger partial charge in [-0.3, -0.25) is 4.90 Å². The van der Waals surface area contributed by atoms with Crippen LogP contribution in [0.4, 0.5) is 9.18 Å². The number of carbonyl (C=O) groups is 1. The lowest BCUT2D eigenvalue weighted by Crippen LogP contribution is -2.70. The monoisotopic (exact) mass is 916 g/mol. The Balaban J connectivity index is 1.49. The van der Waals surface area contributed by atoms with E-state index in [9.17, 15) is 24.5 Å². The molecule has 6 atom stereocenters.